The molecule has 5 heteroatoms. The minimum absolute atomic E-state index is 0.0516. The molecule has 3 N–H and O–H groups in total. The Morgan fingerprint density at radius 2 is 2.41 bits per heavy atom. The molecule has 1 amide bonds. The SMILES string of the molecule is CCC(NC(=O)CCC(C)CN)c1nccs1. The lowest BCUT2D eigenvalue weighted by molar-refractivity contribution is -0.122. The van der Waals surface area contributed by atoms with Crippen LogP contribution >= 0.6 is 11.3 Å². The third-order valence-electron chi connectivity index (χ3n) is 2.76. The predicted octanol–water partition coefficient (Wildman–Crippen LogP) is 2.09. The van der Waals surface area contributed by atoms with Gasteiger partial charge < -0.3 is 11.1 Å². The van der Waals surface area contributed by atoms with Crippen molar-refractivity contribution in [2.45, 2.75) is 39.2 Å². The number of carbonyl (C=O) groups is 1. The third kappa shape index (κ3) is 4.83. The van der Waals surface area contributed by atoms with Gasteiger partial charge in [-0.15, -0.1) is 11.3 Å². The molecule has 1 aromatic rings. The summed E-state index contributed by atoms with van der Waals surface area (Å²) in [7, 11) is 0. The summed E-state index contributed by atoms with van der Waals surface area (Å²) in [5.41, 5.74) is 5.52. The van der Waals surface area contributed by atoms with Crippen LogP contribution in [-0.2, 0) is 4.79 Å². The summed E-state index contributed by atoms with van der Waals surface area (Å²) < 4.78 is 0. The highest BCUT2D eigenvalue weighted by molar-refractivity contribution is 7.09. The second-order valence-electron chi connectivity index (χ2n) is 4.28. The van der Waals surface area contributed by atoms with Crippen molar-refractivity contribution in [2.75, 3.05) is 6.54 Å². The van der Waals surface area contributed by atoms with Gasteiger partial charge in [-0.25, -0.2) is 4.98 Å². The van der Waals surface area contributed by atoms with Gasteiger partial charge in [0, 0.05) is 18.0 Å². The van der Waals surface area contributed by atoms with Crippen LogP contribution in [0.2, 0.25) is 0 Å². The Labute approximate surface area is 107 Å². The Kier molecular flexibility index (Phi) is 6.15. The highest BCUT2D eigenvalue weighted by Gasteiger charge is 2.15. The molecule has 2 unspecified atom stereocenters. The van der Waals surface area contributed by atoms with Gasteiger partial charge in [-0.3, -0.25) is 4.79 Å². The van der Waals surface area contributed by atoms with E-state index in [-0.39, 0.29) is 11.9 Å². The zero-order chi connectivity index (χ0) is 12.7. The van der Waals surface area contributed by atoms with E-state index in [2.05, 4.69) is 24.1 Å². The molecule has 0 aliphatic rings. The number of aromatic nitrogens is 1. The lowest BCUT2D eigenvalue weighted by Gasteiger charge is -2.15. The Morgan fingerprint density at radius 3 is 2.94 bits per heavy atom. The lowest BCUT2D eigenvalue weighted by Crippen LogP contribution is -2.28. The van der Waals surface area contributed by atoms with Crippen molar-refractivity contribution in [3.8, 4) is 0 Å². The van der Waals surface area contributed by atoms with Crippen LogP contribution in [0.4, 0.5) is 0 Å². The van der Waals surface area contributed by atoms with Gasteiger partial charge in [0.1, 0.15) is 5.01 Å². The summed E-state index contributed by atoms with van der Waals surface area (Å²) in [6, 6.07) is 0.0516. The number of amides is 1. The van der Waals surface area contributed by atoms with E-state index in [0.717, 1.165) is 17.8 Å². The van der Waals surface area contributed by atoms with E-state index in [1.807, 2.05) is 5.38 Å². The zero-order valence-corrected chi connectivity index (χ0v) is 11.3. The van der Waals surface area contributed by atoms with Crippen LogP contribution in [0.25, 0.3) is 0 Å². The summed E-state index contributed by atoms with van der Waals surface area (Å²) in [5, 5.41) is 5.93. The predicted molar refractivity (Wildman–Crippen MR) is 70.7 cm³/mol. The third-order valence-corrected chi connectivity index (χ3v) is 3.65. The van der Waals surface area contributed by atoms with Crippen molar-refractivity contribution >= 4 is 17.2 Å². The first-order valence-corrected chi connectivity index (χ1v) is 6.94. The number of hydrogen-bond acceptors (Lipinski definition) is 4. The van der Waals surface area contributed by atoms with Crippen LogP contribution < -0.4 is 11.1 Å². The smallest absolute Gasteiger partial charge is 0.220 e. The molecular weight excluding hydrogens is 234 g/mol. The van der Waals surface area contributed by atoms with Gasteiger partial charge in [-0.2, -0.15) is 0 Å². The van der Waals surface area contributed by atoms with Gasteiger partial charge >= 0.3 is 0 Å². The largest absolute Gasteiger partial charge is 0.347 e. The van der Waals surface area contributed by atoms with Crippen LogP contribution in [0.3, 0.4) is 0 Å². The number of hydrogen-bond donors (Lipinski definition) is 2. The molecule has 0 radical (unpaired) electrons. The van der Waals surface area contributed by atoms with E-state index in [1.54, 1.807) is 17.5 Å². The maximum atomic E-state index is 11.8. The van der Waals surface area contributed by atoms with Crippen molar-refractivity contribution in [1.82, 2.24) is 10.3 Å². The summed E-state index contributed by atoms with van der Waals surface area (Å²) >= 11 is 1.58. The Balaban J connectivity index is 2.38. The number of carbonyl (C=O) groups excluding carboxylic acids is 1. The molecule has 0 aromatic carbocycles. The van der Waals surface area contributed by atoms with E-state index >= 15 is 0 Å². The molecule has 0 aliphatic heterocycles. The first kappa shape index (κ1) is 14.1. The first-order chi connectivity index (χ1) is 8.17. The monoisotopic (exact) mass is 255 g/mol. The highest BCUT2D eigenvalue weighted by Crippen LogP contribution is 2.19. The molecule has 0 bridgehead atoms. The number of nitrogens with zero attached hydrogens (tertiary/aromatic N) is 1. The van der Waals surface area contributed by atoms with E-state index in [0.29, 0.717) is 18.9 Å². The maximum Gasteiger partial charge on any atom is 0.220 e. The molecule has 1 aromatic heterocycles. The standard InChI is InChI=1S/C12H21N3OS/c1-3-10(12-14-6-7-17-12)15-11(16)5-4-9(2)8-13/h6-7,9-10H,3-5,8,13H2,1-2H3,(H,15,16). The number of rotatable bonds is 7. The Hall–Kier alpha value is -0.940. The molecular formula is C12H21N3OS. The molecule has 0 aliphatic carbocycles. The molecule has 0 fully saturated rings. The fraction of sp³-hybridized carbons (Fsp3) is 0.667. The van der Waals surface area contributed by atoms with Crippen molar-refractivity contribution in [2.24, 2.45) is 11.7 Å². The van der Waals surface area contributed by atoms with Crippen LogP contribution in [0.5, 0.6) is 0 Å². The number of nitrogens with one attached hydrogen (secondary N) is 1. The molecule has 2 atom stereocenters. The van der Waals surface area contributed by atoms with Crippen LogP contribution in [-0.4, -0.2) is 17.4 Å². The molecule has 4 nitrogen and oxygen atoms in total. The topological polar surface area (TPSA) is 68.0 Å². The Bertz CT molecular complexity index is 327. The molecule has 96 valence electrons. The quantitative estimate of drug-likeness (QED) is 0.784. The van der Waals surface area contributed by atoms with E-state index < -0.39 is 0 Å². The summed E-state index contributed by atoms with van der Waals surface area (Å²) in [6.07, 6.45) is 4.02. The maximum absolute atomic E-state index is 11.8. The van der Waals surface area contributed by atoms with Crippen LogP contribution in [0.1, 0.15) is 44.2 Å². The van der Waals surface area contributed by atoms with Crippen molar-refractivity contribution in [3.63, 3.8) is 0 Å². The van der Waals surface area contributed by atoms with Crippen molar-refractivity contribution in [1.29, 1.82) is 0 Å². The fourth-order valence-corrected chi connectivity index (χ4v) is 2.28. The number of nitrogens with two attached hydrogens (primary N) is 1. The van der Waals surface area contributed by atoms with E-state index in [9.17, 15) is 4.79 Å². The summed E-state index contributed by atoms with van der Waals surface area (Å²) in [4.78, 5) is 16.0. The normalized spacial score (nSPS) is 14.3. The van der Waals surface area contributed by atoms with Crippen molar-refractivity contribution in [3.05, 3.63) is 16.6 Å². The van der Waals surface area contributed by atoms with Gasteiger partial charge in [0.05, 0.1) is 6.04 Å². The highest BCUT2D eigenvalue weighted by atomic mass is 32.1. The Morgan fingerprint density at radius 1 is 1.65 bits per heavy atom. The molecule has 0 saturated heterocycles. The molecule has 0 spiro atoms. The average molecular weight is 255 g/mol. The van der Waals surface area contributed by atoms with Crippen molar-refractivity contribution < 1.29 is 4.79 Å². The minimum atomic E-state index is 0.0516. The van der Waals surface area contributed by atoms with Gasteiger partial charge in [-0.05, 0) is 25.3 Å². The minimum Gasteiger partial charge on any atom is -0.347 e. The zero-order valence-electron chi connectivity index (χ0n) is 10.5. The van der Waals surface area contributed by atoms with Crippen LogP contribution in [0, 0.1) is 5.92 Å². The molecule has 0 saturated carbocycles. The number of thiazole rings is 1. The lowest BCUT2D eigenvalue weighted by atomic mass is 10.1. The van der Waals surface area contributed by atoms with Crippen LogP contribution in [0.15, 0.2) is 11.6 Å². The summed E-state index contributed by atoms with van der Waals surface area (Å²) in [6.45, 7) is 4.75. The van der Waals surface area contributed by atoms with E-state index in [1.165, 1.54) is 0 Å². The van der Waals surface area contributed by atoms with E-state index in [4.69, 9.17) is 5.73 Å². The van der Waals surface area contributed by atoms with Gasteiger partial charge in [0.25, 0.3) is 0 Å². The summed E-state index contributed by atoms with van der Waals surface area (Å²) in [5.74, 6) is 0.494. The van der Waals surface area contributed by atoms with Gasteiger partial charge in [0.15, 0.2) is 0 Å². The molecule has 17 heavy (non-hydrogen) atoms. The molecule has 1 heterocycles. The van der Waals surface area contributed by atoms with Gasteiger partial charge in [-0.1, -0.05) is 13.8 Å². The molecule has 1 rings (SSSR count). The second kappa shape index (κ2) is 7.40. The van der Waals surface area contributed by atoms with Gasteiger partial charge in [0.2, 0.25) is 5.91 Å². The first-order valence-electron chi connectivity index (χ1n) is 6.06. The second-order valence-corrected chi connectivity index (χ2v) is 5.20. The average Bonchev–Trinajstić information content (AvgIpc) is 2.86. The fourth-order valence-electron chi connectivity index (χ4n) is 1.51.